The lowest BCUT2D eigenvalue weighted by Crippen LogP contribution is -2.25. The maximum absolute atomic E-state index is 11.9. The third-order valence-electron chi connectivity index (χ3n) is 2.83. The third-order valence-corrected chi connectivity index (χ3v) is 4.07. The number of carbonyl (C=O) groups excluding carboxylic acids is 1. The van der Waals surface area contributed by atoms with Gasteiger partial charge < -0.3 is 0 Å². The maximum Gasteiger partial charge on any atom is 0.267 e. The third kappa shape index (κ3) is 3.28. The first-order valence-corrected chi connectivity index (χ1v) is 6.97. The minimum atomic E-state index is -0.0889. The summed E-state index contributed by atoms with van der Waals surface area (Å²) in [6.45, 7) is 2.15. The van der Waals surface area contributed by atoms with Crippen molar-refractivity contribution in [3.63, 3.8) is 0 Å². The predicted molar refractivity (Wildman–Crippen MR) is 81.3 cm³/mol. The molecule has 0 atom stereocenters. The van der Waals surface area contributed by atoms with Crippen LogP contribution in [0.4, 0.5) is 0 Å². The first-order chi connectivity index (χ1) is 9.09. The highest BCUT2D eigenvalue weighted by atomic mass is 127. The van der Waals surface area contributed by atoms with E-state index in [0.29, 0.717) is 22.1 Å². The quantitative estimate of drug-likeness (QED) is 0.615. The standard InChI is InChI=1S/C14H13IN2O2/c1-10-13(15)14(19)17(9-16-10)8-7-12(18)11-5-3-2-4-6-11/h2-6,9H,7-8H2,1H3. The van der Waals surface area contributed by atoms with Crippen molar-refractivity contribution in [2.24, 2.45) is 0 Å². The van der Waals surface area contributed by atoms with Gasteiger partial charge in [0.1, 0.15) is 0 Å². The van der Waals surface area contributed by atoms with E-state index in [9.17, 15) is 9.59 Å². The van der Waals surface area contributed by atoms with Crippen LogP contribution in [-0.2, 0) is 6.54 Å². The molecule has 0 aliphatic rings. The Kier molecular flexibility index (Phi) is 4.47. The maximum atomic E-state index is 11.9. The second-order valence-electron chi connectivity index (χ2n) is 4.18. The molecule has 0 spiro atoms. The van der Waals surface area contributed by atoms with Crippen LogP contribution in [0.2, 0.25) is 0 Å². The van der Waals surface area contributed by atoms with Crippen molar-refractivity contribution in [2.45, 2.75) is 19.9 Å². The zero-order chi connectivity index (χ0) is 13.8. The van der Waals surface area contributed by atoms with E-state index in [-0.39, 0.29) is 11.3 Å². The van der Waals surface area contributed by atoms with Gasteiger partial charge in [-0.1, -0.05) is 30.3 Å². The van der Waals surface area contributed by atoms with Gasteiger partial charge in [-0.2, -0.15) is 0 Å². The van der Waals surface area contributed by atoms with E-state index in [1.165, 1.54) is 10.9 Å². The number of hydrogen-bond donors (Lipinski definition) is 0. The number of carbonyl (C=O) groups is 1. The summed E-state index contributed by atoms with van der Waals surface area (Å²) in [5.41, 5.74) is 1.30. The smallest absolute Gasteiger partial charge is 0.267 e. The molecular formula is C14H13IN2O2. The summed E-state index contributed by atoms with van der Waals surface area (Å²) >= 11 is 1.98. The van der Waals surface area contributed by atoms with E-state index in [1.807, 2.05) is 40.8 Å². The molecule has 4 nitrogen and oxygen atoms in total. The highest BCUT2D eigenvalue weighted by Crippen LogP contribution is 2.05. The molecule has 0 saturated heterocycles. The molecule has 0 amide bonds. The summed E-state index contributed by atoms with van der Waals surface area (Å²) in [6.07, 6.45) is 1.79. The fraction of sp³-hybridized carbons (Fsp3) is 0.214. The normalized spacial score (nSPS) is 10.4. The van der Waals surface area contributed by atoms with Gasteiger partial charge in [0.25, 0.3) is 5.56 Å². The van der Waals surface area contributed by atoms with Crippen LogP contribution >= 0.6 is 22.6 Å². The van der Waals surface area contributed by atoms with Gasteiger partial charge in [-0.25, -0.2) is 4.98 Å². The van der Waals surface area contributed by atoms with Gasteiger partial charge in [0.05, 0.1) is 15.6 Å². The topological polar surface area (TPSA) is 52.0 Å². The molecule has 0 saturated carbocycles. The zero-order valence-corrected chi connectivity index (χ0v) is 12.6. The minimum absolute atomic E-state index is 0.0306. The molecule has 19 heavy (non-hydrogen) atoms. The van der Waals surface area contributed by atoms with Gasteiger partial charge in [-0.3, -0.25) is 14.2 Å². The molecule has 5 heteroatoms. The van der Waals surface area contributed by atoms with Crippen LogP contribution in [0.25, 0.3) is 0 Å². The van der Waals surface area contributed by atoms with E-state index < -0.39 is 0 Å². The number of nitrogens with zero attached hydrogens (tertiary/aromatic N) is 2. The highest BCUT2D eigenvalue weighted by molar-refractivity contribution is 14.1. The Labute approximate surface area is 124 Å². The van der Waals surface area contributed by atoms with Crippen molar-refractivity contribution in [3.05, 3.63) is 61.8 Å². The Hall–Kier alpha value is -1.50. The molecule has 2 rings (SSSR count). The highest BCUT2D eigenvalue weighted by Gasteiger charge is 2.08. The molecule has 0 radical (unpaired) electrons. The molecule has 0 unspecified atom stereocenters. The van der Waals surface area contributed by atoms with Crippen molar-refractivity contribution in [2.75, 3.05) is 0 Å². The van der Waals surface area contributed by atoms with Crippen LogP contribution in [0.1, 0.15) is 22.5 Å². The van der Waals surface area contributed by atoms with Crippen LogP contribution in [0.3, 0.4) is 0 Å². The predicted octanol–water partition coefficient (Wildman–Crippen LogP) is 2.43. The van der Waals surface area contributed by atoms with E-state index in [0.717, 1.165) is 5.69 Å². The number of rotatable bonds is 4. The Morgan fingerprint density at radius 3 is 2.68 bits per heavy atom. The molecule has 0 fully saturated rings. The number of aromatic nitrogens is 2. The van der Waals surface area contributed by atoms with Crippen molar-refractivity contribution in [1.29, 1.82) is 0 Å². The number of aryl methyl sites for hydroxylation is 2. The average molecular weight is 368 g/mol. The van der Waals surface area contributed by atoms with Gasteiger partial charge in [0.2, 0.25) is 0 Å². The summed E-state index contributed by atoms with van der Waals surface area (Å²) in [6, 6.07) is 9.09. The second-order valence-corrected chi connectivity index (χ2v) is 5.26. The number of halogens is 1. The molecule has 0 aliphatic heterocycles. The zero-order valence-electron chi connectivity index (χ0n) is 10.5. The number of Topliss-reactive ketones (excluding diaryl/α,β-unsaturated/α-hetero) is 1. The van der Waals surface area contributed by atoms with Crippen LogP contribution in [0.5, 0.6) is 0 Å². The lowest BCUT2D eigenvalue weighted by molar-refractivity contribution is 0.0976. The van der Waals surface area contributed by atoms with E-state index in [2.05, 4.69) is 4.98 Å². The lowest BCUT2D eigenvalue weighted by atomic mass is 10.1. The summed E-state index contributed by atoms with van der Waals surface area (Å²) in [5, 5.41) is 0. The largest absolute Gasteiger partial charge is 0.298 e. The fourth-order valence-corrected chi connectivity index (χ4v) is 2.14. The van der Waals surface area contributed by atoms with E-state index >= 15 is 0 Å². The molecule has 0 N–H and O–H groups in total. The number of ketones is 1. The summed E-state index contributed by atoms with van der Waals surface area (Å²) < 4.78 is 2.09. The Bertz CT molecular complexity index is 650. The molecule has 2 aromatic rings. The van der Waals surface area contributed by atoms with Crippen molar-refractivity contribution >= 4 is 28.4 Å². The number of hydrogen-bond acceptors (Lipinski definition) is 3. The second kappa shape index (κ2) is 6.10. The first kappa shape index (κ1) is 13.9. The van der Waals surface area contributed by atoms with Gasteiger partial charge >= 0.3 is 0 Å². The van der Waals surface area contributed by atoms with Crippen molar-refractivity contribution in [3.8, 4) is 0 Å². The van der Waals surface area contributed by atoms with Gasteiger partial charge in [-0.05, 0) is 29.5 Å². The minimum Gasteiger partial charge on any atom is -0.298 e. The Balaban J connectivity index is 2.10. The summed E-state index contributed by atoms with van der Waals surface area (Å²) in [5.74, 6) is 0.0306. The fourth-order valence-electron chi connectivity index (χ4n) is 1.70. The molecule has 1 aromatic heterocycles. The summed E-state index contributed by atoms with van der Waals surface area (Å²) in [4.78, 5) is 28.0. The monoisotopic (exact) mass is 368 g/mol. The number of benzene rings is 1. The summed E-state index contributed by atoms with van der Waals surface area (Å²) in [7, 11) is 0. The van der Waals surface area contributed by atoms with Crippen molar-refractivity contribution in [1.82, 2.24) is 9.55 Å². The molecular weight excluding hydrogens is 355 g/mol. The van der Waals surface area contributed by atoms with Crippen molar-refractivity contribution < 1.29 is 4.79 Å². The van der Waals surface area contributed by atoms with Crippen LogP contribution in [-0.4, -0.2) is 15.3 Å². The van der Waals surface area contributed by atoms with Gasteiger partial charge in [0.15, 0.2) is 5.78 Å². The van der Waals surface area contributed by atoms with Gasteiger partial charge in [0, 0.05) is 18.5 Å². The Morgan fingerprint density at radius 2 is 2.00 bits per heavy atom. The van der Waals surface area contributed by atoms with Crippen LogP contribution < -0.4 is 5.56 Å². The molecule has 0 aliphatic carbocycles. The molecule has 1 heterocycles. The lowest BCUT2D eigenvalue weighted by Gasteiger charge is -2.06. The van der Waals surface area contributed by atoms with Crippen LogP contribution in [0.15, 0.2) is 41.5 Å². The van der Waals surface area contributed by atoms with E-state index in [4.69, 9.17) is 0 Å². The van der Waals surface area contributed by atoms with Crippen LogP contribution in [0, 0.1) is 10.5 Å². The average Bonchev–Trinajstić information content (AvgIpc) is 2.45. The Morgan fingerprint density at radius 1 is 1.32 bits per heavy atom. The SMILES string of the molecule is Cc1ncn(CCC(=O)c2ccccc2)c(=O)c1I. The van der Waals surface area contributed by atoms with Gasteiger partial charge in [-0.15, -0.1) is 0 Å². The van der Waals surface area contributed by atoms with E-state index in [1.54, 1.807) is 19.1 Å². The first-order valence-electron chi connectivity index (χ1n) is 5.89. The molecule has 98 valence electrons. The molecule has 1 aromatic carbocycles. The molecule has 0 bridgehead atoms.